The number of rotatable bonds is 10. The van der Waals surface area contributed by atoms with Gasteiger partial charge in [0.15, 0.2) is 0 Å². The standard InChI is InChI=1S/C15H25ClF2N2O3SSi/c1-25(2,3)10-8-23-11-20(24(21,22)9-4-7-17)13-6-5-12(18)15(19)14(13)16/h5-6H,4,7-11,19H2,1-3H3. The number of hydrogen-bond donors (Lipinski definition) is 1. The zero-order valence-corrected chi connectivity index (χ0v) is 17.3. The van der Waals surface area contributed by atoms with Crippen LogP contribution in [0, 0.1) is 5.82 Å². The van der Waals surface area contributed by atoms with Crippen LogP contribution in [0.5, 0.6) is 0 Å². The Balaban J connectivity index is 3.06. The van der Waals surface area contributed by atoms with Gasteiger partial charge in [0.05, 0.1) is 28.8 Å². The van der Waals surface area contributed by atoms with Crippen molar-refractivity contribution in [2.75, 3.05) is 35.8 Å². The topological polar surface area (TPSA) is 72.6 Å². The number of alkyl halides is 1. The lowest BCUT2D eigenvalue weighted by Crippen LogP contribution is -2.36. The molecule has 2 N–H and O–H groups in total. The summed E-state index contributed by atoms with van der Waals surface area (Å²) in [5.74, 6) is -1.15. The Labute approximate surface area is 154 Å². The molecule has 0 aliphatic heterocycles. The van der Waals surface area contributed by atoms with Gasteiger partial charge in [0.2, 0.25) is 10.0 Å². The molecule has 0 aromatic heterocycles. The van der Waals surface area contributed by atoms with Crippen LogP contribution in [0.4, 0.5) is 20.2 Å². The second-order valence-corrected chi connectivity index (χ2v) is 14.9. The Morgan fingerprint density at radius 2 is 1.96 bits per heavy atom. The maximum absolute atomic E-state index is 13.5. The SMILES string of the molecule is C[Si](C)(C)CCOCN(c1ccc(F)c(N)c1Cl)S(=O)(=O)CCCF. The summed E-state index contributed by atoms with van der Waals surface area (Å²) in [6.07, 6.45) is -0.151. The average molecular weight is 415 g/mol. The monoisotopic (exact) mass is 414 g/mol. The quantitative estimate of drug-likeness (QED) is 0.273. The summed E-state index contributed by atoms with van der Waals surface area (Å²) in [7, 11) is -5.23. The molecule has 1 aromatic carbocycles. The van der Waals surface area contributed by atoms with E-state index in [1.54, 1.807) is 0 Å². The Hall–Kier alpha value is -0.903. The van der Waals surface area contributed by atoms with Crippen molar-refractivity contribution in [2.45, 2.75) is 32.1 Å². The van der Waals surface area contributed by atoms with Crippen LogP contribution in [0.15, 0.2) is 12.1 Å². The molecule has 0 aliphatic rings. The number of anilines is 2. The smallest absolute Gasteiger partial charge is 0.237 e. The van der Waals surface area contributed by atoms with Gasteiger partial charge < -0.3 is 10.5 Å². The van der Waals surface area contributed by atoms with Crippen LogP contribution in [0.25, 0.3) is 0 Å². The zero-order valence-electron chi connectivity index (χ0n) is 14.7. The third-order valence-corrected chi connectivity index (χ3v) is 7.33. The molecule has 5 nitrogen and oxygen atoms in total. The maximum Gasteiger partial charge on any atom is 0.237 e. The van der Waals surface area contributed by atoms with E-state index in [4.69, 9.17) is 22.1 Å². The van der Waals surface area contributed by atoms with E-state index in [0.717, 1.165) is 16.4 Å². The van der Waals surface area contributed by atoms with Gasteiger partial charge >= 0.3 is 0 Å². The highest BCUT2D eigenvalue weighted by Gasteiger charge is 2.26. The zero-order chi connectivity index (χ0) is 19.3. The summed E-state index contributed by atoms with van der Waals surface area (Å²) in [5.41, 5.74) is 5.23. The molecule has 144 valence electrons. The molecule has 25 heavy (non-hydrogen) atoms. The maximum atomic E-state index is 13.5. The number of nitrogen functional groups attached to an aromatic ring is 1. The van der Waals surface area contributed by atoms with Crippen molar-refractivity contribution >= 4 is 41.1 Å². The highest BCUT2D eigenvalue weighted by Crippen LogP contribution is 2.34. The van der Waals surface area contributed by atoms with Crippen LogP contribution in [-0.4, -0.2) is 42.3 Å². The van der Waals surface area contributed by atoms with E-state index >= 15 is 0 Å². The van der Waals surface area contributed by atoms with Crippen LogP contribution in [-0.2, 0) is 14.8 Å². The molecule has 0 amide bonds. The first-order chi connectivity index (χ1) is 11.5. The number of hydrogen-bond acceptors (Lipinski definition) is 4. The van der Waals surface area contributed by atoms with Gasteiger partial charge in [0.1, 0.15) is 12.5 Å². The molecular formula is C15H25ClF2N2O3SSi. The van der Waals surface area contributed by atoms with Crippen LogP contribution < -0.4 is 10.0 Å². The van der Waals surface area contributed by atoms with E-state index in [-0.39, 0.29) is 29.5 Å². The van der Waals surface area contributed by atoms with Gasteiger partial charge in [0.25, 0.3) is 0 Å². The summed E-state index contributed by atoms with van der Waals surface area (Å²) in [4.78, 5) is 0. The largest absolute Gasteiger partial charge is 0.395 e. The third kappa shape index (κ3) is 6.73. The first kappa shape index (κ1) is 22.1. The molecular weight excluding hydrogens is 390 g/mol. The minimum absolute atomic E-state index is 0.0208. The van der Waals surface area contributed by atoms with E-state index < -0.39 is 36.3 Å². The molecule has 0 bridgehead atoms. The second kappa shape index (κ2) is 9.16. The highest BCUT2D eigenvalue weighted by molar-refractivity contribution is 7.92. The Bertz CT molecular complexity index is 684. The molecule has 0 aliphatic carbocycles. The Morgan fingerprint density at radius 3 is 2.52 bits per heavy atom. The minimum atomic E-state index is -3.89. The van der Waals surface area contributed by atoms with Gasteiger partial charge in [-0.05, 0) is 24.6 Å². The molecule has 1 rings (SSSR count). The summed E-state index contributed by atoms with van der Waals surface area (Å²) in [5, 5.41) is -0.211. The predicted octanol–water partition coefficient (Wildman–Crippen LogP) is 3.87. The number of benzene rings is 1. The minimum Gasteiger partial charge on any atom is -0.395 e. The van der Waals surface area contributed by atoms with Crippen LogP contribution in [0.2, 0.25) is 30.7 Å². The number of halogens is 3. The first-order valence-corrected chi connectivity index (χ1v) is 13.6. The van der Waals surface area contributed by atoms with Gasteiger partial charge in [-0.2, -0.15) is 0 Å². The van der Waals surface area contributed by atoms with Crippen molar-refractivity contribution in [1.29, 1.82) is 0 Å². The Kier molecular flexibility index (Phi) is 8.11. The number of nitrogens with two attached hydrogens (primary N) is 1. The first-order valence-electron chi connectivity index (χ1n) is 7.87. The van der Waals surface area contributed by atoms with Crippen molar-refractivity contribution in [3.63, 3.8) is 0 Å². The molecule has 0 heterocycles. The predicted molar refractivity (Wildman–Crippen MR) is 102 cm³/mol. The van der Waals surface area contributed by atoms with E-state index in [0.29, 0.717) is 6.61 Å². The van der Waals surface area contributed by atoms with Crippen molar-refractivity contribution in [2.24, 2.45) is 0 Å². The molecule has 0 saturated heterocycles. The lowest BCUT2D eigenvalue weighted by molar-refractivity contribution is 0.156. The third-order valence-electron chi connectivity index (χ3n) is 3.45. The average Bonchev–Trinajstić information content (AvgIpc) is 2.51. The fourth-order valence-corrected chi connectivity index (χ4v) is 4.37. The molecule has 0 saturated carbocycles. The molecule has 10 heteroatoms. The normalized spacial score (nSPS) is 12.4. The lowest BCUT2D eigenvalue weighted by Gasteiger charge is -2.26. The molecule has 0 unspecified atom stereocenters. The van der Waals surface area contributed by atoms with E-state index in [1.807, 2.05) is 0 Å². The van der Waals surface area contributed by atoms with Crippen molar-refractivity contribution in [3.8, 4) is 0 Å². The number of ether oxygens (including phenoxy) is 1. The fraction of sp³-hybridized carbons (Fsp3) is 0.600. The second-order valence-electron chi connectivity index (χ2n) is 6.85. The van der Waals surface area contributed by atoms with Gasteiger partial charge in [-0.15, -0.1) is 0 Å². The van der Waals surface area contributed by atoms with Crippen molar-refractivity contribution < 1.29 is 21.9 Å². The van der Waals surface area contributed by atoms with Gasteiger partial charge in [-0.3, -0.25) is 4.39 Å². The van der Waals surface area contributed by atoms with Crippen LogP contribution in [0.1, 0.15) is 6.42 Å². The number of nitrogens with zero attached hydrogens (tertiary/aromatic N) is 1. The highest BCUT2D eigenvalue weighted by atomic mass is 35.5. The molecule has 0 atom stereocenters. The fourth-order valence-electron chi connectivity index (χ4n) is 1.92. The van der Waals surface area contributed by atoms with Crippen LogP contribution >= 0.6 is 11.6 Å². The van der Waals surface area contributed by atoms with Gasteiger partial charge in [0, 0.05) is 14.7 Å². The van der Waals surface area contributed by atoms with E-state index in [2.05, 4.69) is 19.6 Å². The van der Waals surface area contributed by atoms with Gasteiger partial charge in [-0.25, -0.2) is 17.1 Å². The molecule has 1 aromatic rings. The lowest BCUT2D eigenvalue weighted by atomic mass is 10.2. The van der Waals surface area contributed by atoms with E-state index in [1.165, 1.54) is 6.07 Å². The van der Waals surface area contributed by atoms with E-state index in [9.17, 15) is 17.2 Å². The summed E-state index contributed by atoms with van der Waals surface area (Å²) < 4.78 is 57.4. The van der Waals surface area contributed by atoms with Crippen LogP contribution in [0.3, 0.4) is 0 Å². The molecule has 0 spiro atoms. The summed E-state index contributed by atoms with van der Waals surface area (Å²) >= 11 is 6.02. The Morgan fingerprint density at radius 1 is 1.32 bits per heavy atom. The summed E-state index contributed by atoms with van der Waals surface area (Å²) in [6, 6.07) is 3.11. The van der Waals surface area contributed by atoms with Crippen molar-refractivity contribution in [3.05, 3.63) is 23.0 Å². The molecule has 0 fully saturated rings. The molecule has 0 radical (unpaired) electrons. The summed E-state index contributed by atoms with van der Waals surface area (Å²) in [6.45, 7) is 5.85. The number of sulfonamides is 1. The van der Waals surface area contributed by atoms with Crippen molar-refractivity contribution in [1.82, 2.24) is 0 Å². The van der Waals surface area contributed by atoms with Gasteiger partial charge in [-0.1, -0.05) is 31.2 Å².